The highest BCUT2D eigenvalue weighted by atomic mass is 79.9. The molecule has 0 aliphatic rings. The molecule has 0 saturated carbocycles. The standard InChI is InChI=1S/C33H28Br3NO3/c1-14(2)17-9-19(15(3)4)30(20(10-17)16(5)6)37-32(38)22-12-24(35)28-21-11-18(34)7-8-26(21)40-31-25(36)13-23(33(37)39)27(22)29(28)31/h7-16H,1-6H3. The van der Waals surface area contributed by atoms with E-state index in [1.807, 2.05) is 24.3 Å². The third-order valence-electron chi connectivity index (χ3n) is 7.88. The van der Waals surface area contributed by atoms with Gasteiger partial charge in [0.05, 0.1) is 20.9 Å². The van der Waals surface area contributed by atoms with Crippen LogP contribution in [0.1, 0.15) is 76.0 Å². The van der Waals surface area contributed by atoms with Crippen molar-refractivity contribution in [2.75, 3.05) is 0 Å². The molecule has 4 nitrogen and oxygen atoms in total. The van der Waals surface area contributed by atoms with E-state index in [0.717, 1.165) is 36.2 Å². The largest absolute Gasteiger partial charge is 0.455 e. The van der Waals surface area contributed by atoms with E-state index in [4.69, 9.17) is 4.42 Å². The first-order valence-corrected chi connectivity index (χ1v) is 15.8. The highest BCUT2D eigenvalue weighted by Crippen LogP contribution is 2.44. The van der Waals surface area contributed by atoms with Gasteiger partial charge in [-0.05, 0) is 80.7 Å². The van der Waals surface area contributed by atoms with Crippen LogP contribution >= 0.6 is 47.8 Å². The Balaban J connectivity index is 1.87. The van der Waals surface area contributed by atoms with Crippen molar-refractivity contribution in [2.24, 2.45) is 0 Å². The summed E-state index contributed by atoms with van der Waals surface area (Å²) in [5, 5.41) is 4.13. The molecule has 0 saturated heterocycles. The third-order valence-corrected chi connectivity index (χ3v) is 9.59. The van der Waals surface area contributed by atoms with E-state index in [0.29, 0.717) is 43.4 Å². The Kier molecular flexibility index (Phi) is 6.79. The first-order valence-electron chi connectivity index (χ1n) is 13.4. The zero-order valence-corrected chi connectivity index (χ0v) is 27.8. The maximum Gasteiger partial charge on any atom is 0.266 e. The summed E-state index contributed by atoms with van der Waals surface area (Å²) in [6, 6.07) is 13.9. The van der Waals surface area contributed by atoms with Crippen LogP contribution in [0, 0.1) is 0 Å². The summed E-state index contributed by atoms with van der Waals surface area (Å²) in [4.78, 5) is 28.9. The van der Waals surface area contributed by atoms with Gasteiger partial charge in [-0.3, -0.25) is 9.59 Å². The van der Waals surface area contributed by atoms with Crippen LogP contribution in [-0.2, 0) is 0 Å². The van der Waals surface area contributed by atoms with Crippen LogP contribution in [0.3, 0.4) is 0 Å². The minimum absolute atomic E-state index is 0.116. The summed E-state index contributed by atoms with van der Waals surface area (Å²) in [7, 11) is 0. The van der Waals surface area contributed by atoms with Crippen molar-refractivity contribution in [3.63, 3.8) is 0 Å². The van der Waals surface area contributed by atoms with Crippen LogP contribution in [0.2, 0.25) is 0 Å². The molecule has 0 fully saturated rings. The number of aromatic nitrogens is 1. The van der Waals surface area contributed by atoms with Crippen molar-refractivity contribution in [1.82, 2.24) is 4.57 Å². The number of nitrogens with zero attached hydrogens (tertiary/aromatic N) is 1. The lowest BCUT2D eigenvalue weighted by atomic mass is 9.87. The molecule has 40 heavy (non-hydrogen) atoms. The Hall–Kier alpha value is -2.48. The zero-order valence-electron chi connectivity index (χ0n) is 23.1. The molecule has 0 atom stereocenters. The predicted octanol–water partition coefficient (Wildman–Crippen LogP) is 10.5. The molecule has 0 aliphatic carbocycles. The Morgan fingerprint density at radius 3 is 1.77 bits per heavy atom. The molecule has 0 amide bonds. The lowest BCUT2D eigenvalue weighted by Crippen LogP contribution is -2.34. The fourth-order valence-electron chi connectivity index (χ4n) is 5.85. The molecule has 0 spiro atoms. The second-order valence-electron chi connectivity index (χ2n) is 11.5. The van der Waals surface area contributed by atoms with Gasteiger partial charge in [0.2, 0.25) is 0 Å². The first kappa shape index (κ1) is 27.7. The second-order valence-corrected chi connectivity index (χ2v) is 14.1. The molecule has 0 N–H and O–H groups in total. The van der Waals surface area contributed by atoms with Gasteiger partial charge in [0, 0.05) is 30.5 Å². The van der Waals surface area contributed by atoms with E-state index in [9.17, 15) is 9.59 Å². The normalized spacial score (nSPS) is 12.5. The van der Waals surface area contributed by atoms with E-state index < -0.39 is 0 Å². The highest BCUT2D eigenvalue weighted by Gasteiger charge is 2.27. The molecule has 7 heteroatoms. The van der Waals surface area contributed by atoms with Gasteiger partial charge in [-0.15, -0.1) is 0 Å². The number of hydrogen-bond acceptors (Lipinski definition) is 3. The Morgan fingerprint density at radius 2 is 1.23 bits per heavy atom. The van der Waals surface area contributed by atoms with Crippen LogP contribution in [0.25, 0.3) is 49.2 Å². The number of halogens is 3. The summed E-state index contributed by atoms with van der Waals surface area (Å²) in [5.41, 5.74) is 4.60. The quantitative estimate of drug-likeness (QED) is 0.134. The van der Waals surface area contributed by atoms with Gasteiger partial charge in [0.25, 0.3) is 11.1 Å². The molecule has 204 valence electrons. The maximum atomic E-state index is 14.5. The third kappa shape index (κ3) is 4.03. The van der Waals surface area contributed by atoms with E-state index in [1.54, 1.807) is 6.07 Å². The molecule has 0 radical (unpaired) electrons. The van der Waals surface area contributed by atoms with Crippen molar-refractivity contribution in [3.8, 4) is 5.69 Å². The van der Waals surface area contributed by atoms with Crippen molar-refractivity contribution in [3.05, 3.63) is 93.3 Å². The van der Waals surface area contributed by atoms with Crippen molar-refractivity contribution < 1.29 is 4.42 Å². The van der Waals surface area contributed by atoms with Crippen LogP contribution in [0.15, 0.2) is 69.9 Å². The van der Waals surface area contributed by atoms with Crippen LogP contribution in [-0.4, -0.2) is 4.57 Å². The number of rotatable bonds is 4. The fraction of sp³-hybridized carbons (Fsp3) is 0.273. The molecular formula is C33H28Br3NO3. The van der Waals surface area contributed by atoms with Gasteiger partial charge in [0.15, 0.2) is 0 Å². The maximum absolute atomic E-state index is 14.5. The Morgan fingerprint density at radius 1 is 0.650 bits per heavy atom. The van der Waals surface area contributed by atoms with E-state index in [2.05, 4.69) is 101 Å². The van der Waals surface area contributed by atoms with E-state index >= 15 is 0 Å². The fourth-order valence-corrected chi connectivity index (χ4v) is 7.36. The zero-order chi connectivity index (χ0) is 28.8. The molecule has 6 rings (SSSR count). The average Bonchev–Trinajstić information content (AvgIpc) is 2.89. The van der Waals surface area contributed by atoms with E-state index in [1.165, 1.54) is 10.1 Å². The summed E-state index contributed by atoms with van der Waals surface area (Å²) in [5.74, 6) is 0.555. The van der Waals surface area contributed by atoms with Crippen LogP contribution < -0.4 is 11.1 Å². The molecule has 2 heterocycles. The lowest BCUT2D eigenvalue weighted by molar-refractivity contribution is 0.660. The first-order chi connectivity index (χ1) is 18.9. The monoisotopic (exact) mass is 723 g/mol. The van der Waals surface area contributed by atoms with Crippen LogP contribution in [0.5, 0.6) is 0 Å². The Labute approximate surface area is 257 Å². The van der Waals surface area contributed by atoms with Gasteiger partial charge in [-0.1, -0.05) is 85.5 Å². The van der Waals surface area contributed by atoms with E-state index in [-0.39, 0.29) is 23.0 Å². The van der Waals surface area contributed by atoms with Gasteiger partial charge < -0.3 is 4.42 Å². The van der Waals surface area contributed by atoms with Crippen LogP contribution in [0.4, 0.5) is 0 Å². The number of hydrogen-bond donors (Lipinski definition) is 0. The number of fused-ring (bicyclic) bond motifs is 2. The van der Waals surface area contributed by atoms with Crippen molar-refractivity contribution in [1.29, 1.82) is 0 Å². The number of benzene rings is 4. The highest BCUT2D eigenvalue weighted by molar-refractivity contribution is 9.11. The van der Waals surface area contributed by atoms with Gasteiger partial charge >= 0.3 is 0 Å². The summed E-state index contributed by atoms with van der Waals surface area (Å²) >= 11 is 11.1. The van der Waals surface area contributed by atoms with Gasteiger partial charge in [-0.25, -0.2) is 4.57 Å². The lowest BCUT2D eigenvalue weighted by Gasteiger charge is -2.24. The minimum Gasteiger partial charge on any atom is -0.455 e. The SMILES string of the molecule is CC(C)c1cc(C(C)C)c(-n2c(=O)c3cc(Br)c4oc5ccc(Br)cc5c5c(Br)cc(c2=O)c3c45)c(C(C)C)c1. The number of pyridine rings is 1. The minimum atomic E-state index is -0.320. The summed E-state index contributed by atoms with van der Waals surface area (Å²) in [6.07, 6.45) is 0. The predicted molar refractivity (Wildman–Crippen MR) is 177 cm³/mol. The summed E-state index contributed by atoms with van der Waals surface area (Å²) < 4.78 is 10.1. The smallest absolute Gasteiger partial charge is 0.266 e. The second kappa shape index (κ2) is 9.81. The molecule has 6 aromatic rings. The topological polar surface area (TPSA) is 52.2 Å². The average molecular weight is 726 g/mol. The Bertz CT molecular complexity index is 2060. The molecule has 0 bridgehead atoms. The van der Waals surface area contributed by atoms with Crippen molar-refractivity contribution >= 4 is 91.3 Å². The molecule has 4 aromatic carbocycles. The van der Waals surface area contributed by atoms with Gasteiger partial charge in [0.1, 0.15) is 11.2 Å². The molecule has 0 unspecified atom stereocenters. The summed E-state index contributed by atoms with van der Waals surface area (Å²) in [6.45, 7) is 12.8. The van der Waals surface area contributed by atoms with Crippen molar-refractivity contribution in [2.45, 2.75) is 59.3 Å². The molecule has 0 aliphatic heterocycles. The van der Waals surface area contributed by atoms with Gasteiger partial charge in [-0.2, -0.15) is 0 Å². The molecular weight excluding hydrogens is 698 g/mol. The molecule has 2 aromatic heterocycles.